The summed E-state index contributed by atoms with van der Waals surface area (Å²) in [5.74, 6) is -0.0123. The highest BCUT2D eigenvalue weighted by Crippen LogP contribution is 2.24. The smallest absolute Gasteiger partial charge is 0.235 e. The van der Waals surface area contributed by atoms with Gasteiger partial charge in [-0.3, -0.25) is 15.2 Å². The number of benzene rings is 2. The summed E-state index contributed by atoms with van der Waals surface area (Å²) in [4.78, 5) is 11.0. The zero-order valence-corrected chi connectivity index (χ0v) is 11.8. The maximum absolute atomic E-state index is 11.0. The van der Waals surface area contributed by atoms with E-state index in [0.29, 0.717) is 0 Å². The number of rotatable bonds is 1. The lowest BCUT2D eigenvalue weighted by Crippen LogP contribution is -2.44. The van der Waals surface area contributed by atoms with Gasteiger partial charge in [-0.2, -0.15) is 0 Å². The molecule has 0 unspecified atom stereocenters. The van der Waals surface area contributed by atoms with Crippen molar-refractivity contribution in [3.05, 3.63) is 66.2 Å². The summed E-state index contributed by atoms with van der Waals surface area (Å²) < 4.78 is 0. The minimum atomic E-state index is -0.0123. The van der Waals surface area contributed by atoms with E-state index in [1.165, 1.54) is 12.5 Å². The van der Waals surface area contributed by atoms with E-state index < -0.39 is 0 Å². The zero-order chi connectivity index (χ0) is 14.2. The molecule has 0 radical (unpaired) electrons. The Labute approximate surface area is 120 Å². The van der Waals surface area contributed by atoms with Gasteiger partial charge in [0.15, 0.2) is 0 Å². The molecule has 1 aliphatic rings. The fourth-order valence-corrected chi connectivity index (χ4v) is 2.22. The standard InChI is InChI=1S/C11H14N2O.C6H6/c1-9(14)12-13-8-4-6-10-5-2-3-7-11(10)13;1-2-4-6-5-3-1/h2-3,5,7H,4,6,8H2,1H3,(H,12,14);1-6H. The summed E-state index contributed by atoms with van der Waals surface area (Å²) in [6.45, 7) is 2.44. The van der Waals surface area contributed by atoms with Crippen molar-refractivity contribution >= 4 is 11.6 Å². The van der Waals surface area contributed by atoms with Crippen molar-refractivity contribution in [2.45, 2.75) is 19.8 Å². The summed E-state index contributed by atoms with van der Waals surface area (Å²) >= 11 is 0. The zero-order valence-electron chi connectivity index (χ0n) is 11.8. The summed E-state index contributed by atoms with van der Waals surface area (Å²) in [6, 6.07) is 20.2. The monoisotopic (exact) mass is 268 g/mol. The van der Waals surface area contributed by atoms with Gasteiger partial charge in [0.05, 0.1) is 5.69 Å². The van der Waals surface area contributed by atoms with Crippen LogP contribution in [0.3, 0.4) is 0 Å². The normalized spacial score (nSPS) is 12.8. The van der Waals surface area contributed by atoms with E-state index in [1.807, 2.05) is 59.6 Å². The fourth-order valence-electron chi connectivity index (χ4n) is 2.22. The Morgan fingerprint density at radius 3 is 2.20 bits per heavy atom. The Bertz CT molecular complexity index is 513. The number of amides is 1. The maximum atomic E-state index is 11.0. The molecule has 104 valence electrons. The van der Waals surface area contributed by atoms with Crippen LogP contribution < -0.4 is 10.4 Å². The number of carbonyl (C=O) groups excluding carboxylic acids is 1. The molecule has 20 heavy (non-hydrogen) atoms. The average molecular weight is 268 g/mol. The molecular formula is C17H20N2O. The van der Waals surface area contributed by atoms with Crippen LogP contribution in [0.15, 0.2) is 60.7 Å². The van der Waals surface area contributed by atoms with Crippen LogP contribution in [0.1, 0.15) is 18.9 Å². The predicted molar refractivity (Wildman–Crippen MR) is 82.4 cm³/mol. The van der Waals surface area contributed by atoms with Gasteiger partial charge in [-0.05, 0) is 24.5 Å². The van der Waals surface area contributed by atoms with Gasteiger partial charge in [0.1, 0.15) is 0 Å². The van der Waals surface area contributed by atoms with Crippen molar-refractivity contribution in [2.24, 2.45) is 0 Å². The van der Waals surface area contributed by atoms with Crippen molar-refractivity contribution in [1.82, 2.24) is 5.43 Å². The molecule has 0 bridgehead atoms. The number of aryl methyl sites for hydroxylation is 1. The Hall–Kier alpha value is -2.29. The second kappa shape index (κ2) is 7.34. The molecule has 0 saturated carbocycles. The number of anilines is 1. The van der Waals surface area contributed by atoms with Crippen LogP contribution in [0, 0.1) is 0 Å². The van der Waals surface area contributed by atoms with Crippen LogP contribution in [0.2, 0.25) is 0 Å². The average Bonchev–Trinajstić information content (AvgIpc) is 2.50. The number of para-hydroxylation sites is 1. The molecule has 0 fully saturated rings. The number of carbonyl (C=O) groups is 1. The number of hydrogen-bond donors (Lipinski definition) is 1. The largest absolute Gasteiger partial charge is 0.285 e. The number of nitrogens with one attached hydrogen (secondary N) is 1. The first-order valence-electron chi connectivity index (χ1n) is 6.90. The van der Waals surface area contributed by atoms with Gasteiger partial charge >= 0.3 is 0 Å². The summed E-state index contributed by atoms with van der Waals surface area (Å²) in [5.41, 5.74) is 5.28. The first kappa shape index (κ1) is 14.1. The van der Waals surface area contributed by atoms with Gasteiger partial charge in [0.25, 0.3) is 0 Å². The van der Waals surface area contributed by atoms with Crippen LogP contribution in [0.4, 0.5) is 5.69 Å². The van der Waals surface area contributed by atoms with E-state index >= 15 is 0 Å². The third kappa shape index (κ3) is 4.12. The predicted octanol–water partition coefficient (Wildman–Crippen LogP) is 3.18. The molecule has 1 aliphatic heterocycles. The van der Waals surface area contributed by atoms with Crippen molar-refractivity contribution in [3.63, 3.8) is 0 Å². The minimum Gasteiger partial charge on any atom is -0.285 e. The molecule has 3 rings (SSSR count). The van der Waals surface area contributed by atoms with Crippen LogP contribution >= 0.6 is 0 Å². The molecule has 0 aromatic heterocycles. The van der Waals surface area contributed by atoms with E-state index in [9.17, 15) is 4.79 Å². The summed E-state index contributed by atoms with van der Waals surface area (Å²) in [5, 5.41) is 1.93. The topological polar surface area (TPSA) is 32.3 Å². The first-order chi connectivity index (χ1) is 9.77. The van der Waals surface area contributed by atoms with Crippen LogP contribution in [0.25, 0.3) is 0 Å². The van der Waals surface area contributed by atoms with E-state index in [-0.39, 0.29) is 5.91 Å². The molecule has 1 amide bonds. The lowest BCUT2D eigenvalue weighted by atomic mass is 10.0. The highest BCUT2D eigenvalue weighted by atomic mass is 16.2. The van der Waals surface area contributed by atoms with E-state index in [0.717, 1.165) is 25.1 Å². The molecule has 2 aromatic rings. The van der Waals surface area contributed by atoms with E-state index in [4.69, 9.17) is 0 Å². The highest BCUT2D eigenvalue weighted by Gasteiger charge is 2.16. The number of fused-ring (bicyclic) bond motifs is 1. The quantitative estimate of drug-likeness (QED) is 0.861. The van der Waals surface area contributed by atoms with Crippen LogP contribution in [0.5, 0.6) is 0 Å². The molecule has 0 saturated heterocycles. The minimum absolute atomic E-state index is 0.0123. The Balaban J connectivity index is 0.000000205. The van der Waals surface area contributed by atoms with E-state index in [1.54, 1.807) is 0 Å². The SMILES string of the molecule is CC(=O)NN1CCCc2ccccc21.c1ccccc1. The third-order valence-electron chi connectivity index (χ3n) is 3.07. The third-order valence-corrected chi connectivity index (χ3v) is 3.07. The maximum Gasteiger partial charge on any atom is 0.235 e. The molecule has 1 N–H and O–H groups in total. The Morgan fingerprint density at radius 1 is 1.00 bits per heavy atom. The highest BCUT2D eigenvalue weighted by molar-refractivity contribution is 5.75. The van der Waals surface area contributed by atoms with Crippen molar-refractivity contribution in [3.8, 4) is 0 Å². The lowest BCUT2D eigenvalue weighted by Gasteiger charge is -2.30. The molecule has 1 heterocycles. The number of hydrazine groups is 1. The summed E-state index contributed by atoms with van der Waals surface area (Å²) in [7, 11) is 0. The molecular weight excluding hydrogens is 248 g/mol. The van der Waals surface area contributed by atoms with Gasteiger partial charge in [0.2, 0.25) is 5.91 Å². The molecule has 0 aliphatic carbocycles. The number of nitrogens with zero attached hydrogens (tertiary/aromatic N) is 1. The first-order valence-corrected chi connectivity index (χ1v) is 6.90. The Kier molecular flexibility index (Phi) is 5.18. The van der Waals surface area contributed by atoms with E-state index in [2.05, 4.69) is 11.5 Å². The molecule has 0 atom stereocenters. The fraction of sp³-hybridized carbons (Fsp3) is 0.235. The van der Waals surface area contributed by atoms with Crippen molar-refractivity contribution < 1.29 is 4.79 Å². The molecule has 2 aromatic carbocycles. The summed E-state index contributed by atoms with van der Waals surface area (Å²) in [6.07, 6.45) is 2.20. The van der Waals surface area contributed by atoms with Crippen molar-refractivity contribution in [1.29, 1.82) is 0 Å². The molecule has 3 heteroatoms. The van der Waals surface area contributed by atoms with Gasteiger partial charge in [0, 0.05) is 13.5 Å². The van der Waals surface area contributed by atoms with Gasteiger partial charge in [-0.25, -0.2) is 0 Å². The molecule has 0 spiro atoms. The van der Waals surface area contributed by atoms with Gasteiger partial charge in [-0.1, -0.05) is 54.6 Å². The Morgan fingerprint density at radius 2 is 1.60 bits per heavy atom. The second-order valence-corrected chi connectivity index (χ2v) is 4.71. The van der Waals surface area contributed by atoms with Crippen molar-refractivity contribution in [2.75, 3.05) is 11.6 Å². The lowest BCUT2D eigenvalue weighted by molar-refractivity contribution is -0.119. The van der Waals surface area contributed by atoms with Crippen LogP contribution in [-0.4, -0.2) is 12.5 Å². The van der Waals surface area contributed by atoms with Gasteiger partial charge < -0.3 is 0 Å². The van der Waals surface area contributed by atoms with Gasteiger partial charge in [-0.15, -0.1) is 0 Å². The number of hydrogen-bond acceptors (Lipinski definition) is 2. The second-order valence-electron chi connectivity index (χ2n) is 4.71. The molecule has 3 nitrogen and oxygen atoms in total. The van der Waals surface area contributed by atoms with Crippen LogP contribution in [-0.2, 0) is 11.2 Å².